The first-order valence-electron chi connectivity index (χ1n) is 8.87. The molecule has 0 saturated carbocycles. The Morgan fingerprint density at radius 3 is 2.46 bits per heavy atom. The largest absolute Gasteiger partial charge is 0.350 e. The van der Waals surface area contributed by atoms with Gasteiger partial charge in [0.15, 0.2) is 0 Å². The van der Waals surface area contributed by atoms with Gasteiger partial charge in [-0.2, -0.15) is 0 Å². The van der Waals surface area contributed by atoms with Gasteiger partial charge in [-0.25, -0.2) is 12.8 Å². The Morgan fingerprint density at radius 1 is 1.21 bits per heavy atom. The smallest absolute Gasteiger partial charge is 0.232 e. The molecule has 0 radical (unpaired) electrons. The first-order valence-corrected chi connectivity index (χ1v) is 11.1. The van der Waals surface area contributed by atoms with Crippen LogP contribution in [0.2, 0.25) is 5.02 Å². The monoisotopic (exact) mass is 426 g/mol. The molecule has 1 unspecified atom stereocenters. The third-order valence-electron chi connectivity index (χ3n) is 4.42. The van der Waals surface area contributed by atoms with Gasteiger partial charge in [-0.05, 0) is 55.7 Å². The van der Waals surface area contributed by atoms with Crippen molar-refractivity contribution in [3.63, 3.8) is 0 Å². The van der Waals surface area contributed by atoms with Gasteiger partial charge in [0.25, 0.3) is 0 Å². The second-order valence-electron chi connectivity index (χ2n) is 6.66. The molecule has 2 rings (SSSR count). The number of carbonyl (C=O) groups excluding carboxylic acids is 1. The van der Waals surface area contributed by atoms with Crippen molar-refractivity contribution in [3.05, 3.63) is 64.4 Å². The summed E-state index contributed by atoms with van der Waals surface area (Å²) in [6.45, 7) is 3.73. The zero-order valence-electron chi connectivity index (χ0n) is 16.1. The average molecular weight is 427 g/mol. The zero-order chi connectivity index (χ0) is 20.9. The zero-order valence-corrected chi connectivity index (χ0v) is 17.6. The van der Waals surface area contributed by atoms with Gasteiger partial charge < -0.3 is 5.32 Å². The predicted molar refractivity (Wildman–Crippen MR) is 111 cm³/mol. The van der Waals surface area contributed by atoms with E-state index in [0.29, 0.717) is 22.7 Å². The van der Waals surface area contributed by atoms with Crippen LogP contribution in [0.1, 0.15) is 36.9 Å². The lowest BCUT2D eigenvalue weighted by atomic mass is 10.1. The van der Waals surface area contributed by atoms with E-state index in [-0.39, 0.29) is 30.7 Å². The molecule has 0 spiro atoms. The van der Waals surface area contributed by atoms with Crippen molar-refractivity contribution < 1.29 is 17.6 Å². The Bertz CT molecular complexity index is 933. The number of amides is 1. The SMILES string of the molecule is Cc1c(Cl)cccc1N(CCCC(=O)NC(C)c1ccc(F)cc1)S(C)(=O)=O. The van der Waals surface area contributed by atoms with E-state index >= 15 is 0 Å². The molecular weight excluding hydrogens is 403 g/mol. The molecule has 0 aromatic heterocycles. The lowest BCUT2D eigenvalue weighted by molar-refractivity contribution is -0.121. The molecule has 1 atom stereocenters. The van der Waals surface area contributed by atoms with Crippen LogP contribution in [-0.4, -0.2) is 27.1 Å². The quantitative estimate of drug-likeness (QED) is 0.687. The van der Waals surface area contributed by atoms with Crippen LogP contribution in [0.15, 0.2) is 42.5 Å². The highest BCUT2D eigenvalue weighted by atomic mass is 35.5. The van der Waals surface area contributed by atoms with Crippen molar-refractivity contribution in [3.8, 4) is 0 Å². The predicted octanol–water partition coefficient (Wildman–Crippen LogP) is 4.21. The number of anilines is 1. The number of nitrogens with one attached hydrogen (secondary N) is 1. The van der Waals surface area contributed by atoms with Crippen molar-refractivity contribution >= 4 is 33.2 Å². The van der Waals surface area contributed by atoms with Crippen molar-refractivity contribution in [2.24, 2.45) is 0 Å². The van der Waals surface area contributed by atoms with E-state index in [4.69, 9.17) is 11.6 Å². The molecule has 2 aromatic carbocycles. The summed E-state index contributed by atoms with van der Waals surface area (Å²) in [4.78, 5) is 12.2. The van der Waals surface area contributed by atoms with Crippen LogP contribution in [0.3, 0.4) is 0 Å². The molecule has 2 aromatic rings. The van der Waals surface area contributed by atoms with Crippen LogP contribution in [0.25, 0.3) is 0 Å². The number of sulfonamides is 1. The molecule has 0 aliphatic rings. The maximum atomic E-state index is 13.0. The number of hydrogen-bond acceptors (Lipinski definition) is 3. The molecule has 1 N–H and O–H groups in total. The van der Waals surface area contributed by atoms with Gasteiger partial charge >= 0.3 is 0 Å². The standard InChI is InChI=1S/C20H24ClFN2O3S/c1-14-18(21)6-4-7-19(14)24(28(3,26)27)13-5-8-20(25)23-15(2)16-9-11-17(22)12-10-16/h4,6-7,9-12,15H,5,8,13H2,1-3H3,(H,23,25). The highest BCUT2D eigenvalue weighted by Gasteiger charge is 2.20. The Kier molecular flexibility index (Phi) is 7.43. The van der Waals surface area contributed by atoms with Crippen LogP contribution in [0.5, 0.6) is 0 Å². The summed E-state index contributed by atoms with van der Waals surface area (Å²) in [5.74, 6) is -0.535. The van der Waals surface area contributed by atoms with Gasteiger partial charge in [0.1, 0.15) is 5.82 Å². The number of carbonyl (C=O) groups is 1. The third kappa shape index (κ3) is 5.94. The number of hydrogen-bond donors (Lipinski definition) is 1. The minimum Gasteiger partial charge on any atom is -0.350 e. The summed E-state index contributed by atoms with van der Waals surface area (Å²) in [6, 6.07) is 10.7. The Hall–Kier alpha value is -2.12. The molecule has 0 heterocycles. The minimum atomic E-state index is -3.52. The van der Waals surface area contributed by atoms with Gasteiger partial charge in [-0.15, -0.1) is 0 Å². The highest BCUT2D eigenvalue weighted by molar-refractivity contribution is 7.92. The van der Waals surface area contributed by atoms with Gasteiger partial charge in [-0.3, -0.25) is 9.10 Å². The molecule has 5 nitrogen and oxygen atoms in total. The van der Waals surface area contributed by atoms with E-state index in [2.05, 4.69) is 5.32 Å². The van der Waals surface area contributed by atoms with Crippen LogP contribution in [0.4, 0.5) is 10.1 Å². The van der Waals surface area contributed by atoms with Gasteiger partial charge in [-0.1, -0.05) is 29.8 Å². The van der Waals surface area contributed by atoms with Crippen molar-refractivity contribution in [2.45, 2.75) is 32.7 Å². The summed E-state index contributed by atoms with van der Waals surface area (Å²) >= 11 is 6.11. The Morgan fingerprint density at radius 2 is 1.86 bits per heavy atom. The fraction of sp³-hybridized carbons (Fsp3) is 0.350. The van der Waals surface area contributed by atoms with Crippen LogP contribution in [0, 0.1) is 12.7 Å². The molecule has 0 fully saturated rings. The highest BCUT2D eigenvalue weighted by Crippen LogP contribution is 2.28. The Labute approximate surface area is 170 Å². The van der Waals surface area contributed by atoms with Crippen molar-refractivity contribution in [1.29, 1.82) is 0 Å². The molecule has 0 aliphatic heterocycles. The first kappa shape index (κ1) is 22.2. The lowest BCUT2D eigenvalue weighted by Crippen LogP contribution is -2.33. The summed E-state index contributed by atoms with van der Waals surface area (Å²) in [6.07, 6.45) is 1.64. The maximum Gasteiger partial charge on any atom is 0.232 e. The van der Waals surface area contributed by atoms with E-state index in [1.54, 1.807) is 37.3 Å². The molecule has 28 heavy (non-hydrogen) atoms. The molecular formula is C20H24ClFN2O3S. The van der Waals surface area contributed by atoms with Crippen molar-refractivity contribution in [1.82, 2.24) is 5.32 Å². The summed E-state index contributed by atoms with van der Waals surface area (Å²) in [5.41, 5.74) is 1.97. The number of halogens is 2. The first-order chi connectivity index (χ1) is 13.1. The fourth-order valence-corrected chi connectivity index (χ4v) is 4.05. The Balaban J connectivity index is 1.97. The second kappa shape index (κ2) is 9.39. The van der Waals surface area contributed by atoms with E-state index in [0.717, 1.165) is 11.8 Å². The fourth-order valence-electron chi connectivity index (χ4n) is 2.86. The molecule has 1 amide bonds. The third-order valence-corrected chi connectivity index (χ3v) is 6.01. The van der Waals surface area contributed by atoms with Crippen LogP contribution >= 0.6 is 11.6 Å². The molecule has 0 aliphatic carbocycles. The van der Waals surface area contributed by atoms with Gasteiger partial charge in [0.05, 0.1) is 18.0 Å². The van der Waals surface area contributed by atoms with Crippen LogP contribution in [-0.2, 0) is 14.8 Å². The summed E-state index contributed by atoms with van der Waals surface area (Å²) in [7, 11) is -3.52. The summed E-state index contributed by atoms with van der Waals surface area (Å²) in [5, 5.41) is 3.32. The van der Waals surface area contributed by atoms with E-state index in [1.807, 2.05) is 6.92 Å². The van der Waals surface area contributed by atoms with Crippen molar-refractivity contribution in [2.75, 3.05) is 17.1 Å². The van der Waals surface area contributed by atoms with Gasteiger partial charge in [0.2, 0.25) is 15.9 Å². The summed E-state index contributed by atoms with van der Waals surface area (Å²) < 4.78 is 38.7. The maximum absolute atomic E-state index is 13.0. The number of rotatable bonds is 8. The second-order valence-corrected chi connectivity index (χ2v) is 8.98. The molecule has 152 valence electrons. The number of nitrogens with zero attached hydrogens (tertiary/aromatic N) is 1. The van der Waals surface area contributed by atoms with E-state index in [1.165, 1.54) is 16.4 Å². The average Bonchev–Trinajstić information content (AvgIpc) is 2.61. The lowest BCUT2D eigenvalue weighted by Gasteiger charge is -2.24. The topological polar surface area (TPSA) is 66.5 Å². The van der Waals surface area contributed by atoms with Crippen LogP contribution < -0.4 is 9.62 Å². The van der Waals surface area contributed by atoms with Gasteiger partial charge in [0, 0.05) is 18.0 Å². The van der Waals surface area contributed by atoms with E-state index < -0.39 is 10.0 Å². The number of benzene rings is 2. The minimum absolute atomic E-state index is 0.164. The normalized spacial score (nSPS) is 12.5. The molecule has 8 heteroatoms. The molecule has 0 bridgehead atoms. The molecule has 0 saturated heterocycles. The van der Waals surface area contributed by atoms with E-state index in [9.17, 15) is 17.6 Å².